The second-order valence-corrected chi connectivity index (χ2v) is 9.09. The van der Waals surface area contributed by atoms with E-state index in [0.717, 1.165) is 54.9 Å². The number of hydrogen-bond acceptors (Lipinski definition) is 6. The number of amides is 2. The molecule has 3 N–H and O–H groups in total. The van der Waals surface area contributed by atoms with E-state index >= 15 is 0 Å². The molecule has 8 nitrogen and oxygen atoms in total. The molecule has 1 aliphatic carbocycles. The lowest BCUT2D eigenvalue weighted by Gasteiger charge is -2.40. The number of nitrogens with two attached hydrogens (primary N) is 1. The Kier molecular flexibility index (Phi) is 5.07. The number of piperidine rings is 1. The molecular weight excluding hydrogens is 404 g/mol. The van der Waals surface area contributed by atoms with Gasteiger partial charge >= 0.3 is 0 Å². The van der Waals surface area contributed by atoms with Gasteiger partial charge in [0.2, 0.25) is 0 Å². The van der Waals surface area contributed by atoms with E-state index in [0.29, 0.717) is 23.2 Å². The summed E-state index contributed by atoms with van der Waals surface area (Å²) in [6.45, 7) is 0. The van der Waals surface area contributed by atoms with Crippen LogP contribution in [0.4, 0.5) is 11.5 Å². The molecule has 3 atom stereocenters. The van der Waals surface area contributed by atoms with E-state index in [1.165, 1.54) is 0 Å². The standard InChI is InChI=1S/C24H28N6O2/c1-29(2)24(32)14-6-9-21(27-12-14)30-16-7-8-17(30)11-15(10-16)28-22-18-4-3-5-20(18)26-13-19(22)23(25)31/h3-4,6,9,12-13,15-17H,5,7-8,10-11H2,1-2H3,(H2,25,31)(H,26,28)/t15?,16-,17+. The molecule has 2 aliphatic heterocycles. The fourth-order valence-corrected chi connectivity index (χ4v) is 5.34. The molecule has 0 aromatic carbocycles. The van der Waals surface area contributed by atoms with E-state index in [4.69, 9.17) is 5.73 Å². The van der Waals surface area contributed by atoms with Gasteiger partial charge in [-0.3, -0.25) is 14.6 Å². The van der Waals surface area contributed by atoms with Crippen molar-refractivity contribution in [2.75, 3.05) is 24.3 Å². The maximum atomic E-state index is 12.2. The van der Waals surface area contributed by atoms with Gasteiger partial charge in [-0.2, -0.15) is 0 Å². The fraction of sp³-hybridized carbons (Fsp3) is 0.417. The van der Waals surface area contributed by atoms with Crippen molar-refractivity contribution in [3.05, 3.63) is 53.0 Å². The summed E-state index contributed by atoms with van der Waals surface area (Å²) >= 11 is 0. The zero-order chi connectivity index (χ0) is 22.4. The average molecular weight is 433 g/mol. The van der Waals surface area contributed by atoms with Crippen LogP contribution < -0.4 is 16.0 Å². The molecule has 2 bridgehead atoms. The number of anilines is 2. The monoisotopic (exact) mass is 432 g/mol. The van der Waals surface area contributed by atoms with Gasteiger partial charge in [0.15, 0.2) is 0 Å². The van der Waals surface area contributed by atoms with Crippen molar-refractivity contribution in [3.8, 4) is 0 Å². The van der Waals surface area contributed by atoms with Crippen LogP contribution in [0.15, 0.2) is 30.6 Å². The van der Waals surface area contributed by atoms with Gasteiger partial charge in [0, 0.05) is 56.6 Å². The lowest BCUT2D eigenvalue weighted by Crippen LogP contribution is -2.47. The second kappa shape index (κ2) is 7.93. The van der Waals surface area contributed by atoms with Crippen LogP contribution in [-0.2, 0) is 6.42 Å². The van der Waals surface area contributed by atoms with Crippen LogP contribution in [0.25, 0.3) is 6.08 Å². The van der Waals surface area contributed by atoms with Gasteiger partial charge in [-0.15, -0.1) is 0 Å². The highest BCUT2D eigenvalue weighted by Crippen LogP contribution is 2.40. The van der Waals surface area contributed by atoms with E-state index in [1.54, 1.807) is 31.4 Å². The molecule has 4 heterocycles. The second-order valence-electron chi connectivity index (χ2n) is 9.09. The molecule has 2 aromatic rings. The highest BCUT2D eigenvalue weighted by Gasteiger charge is 2.41. The van der Waals surface area contributed by atoms with Crippen LogP contribution in [0.3, 0.4) is 0 Å². The van der Waals surface area contributed by atoms with Gasteiger partial charge in [-0.05, 0) is 37.8 Å². The van der Waals surface area contributed by atoms with Crippen LogP contribution in [-0.4, -0.2) is 58.9 Å². The van der Waals surface area contributed by atoms with Crippen LogP contribution in [0.2, 0.25) is 0 Å². The highest BCUT2D eigenvalue weighted by molar-refractivity contribution is 6.00. The van der Waals surface area contributed by atoms with Gasteiger partial charge in [0.1, 0.15) is 5.82 Å². The molecule has 0 spiro atoms. The van der Waals surface area contributed by atoms with Crippen LogP contribution in [0, 0.1) is 0 Å². The van der Waals surface area contributed by atoms with Crippen LogP contribution in [0.1, 0.15) is 57.7 Å². The number of rotatable bonds is 5. The smallest absolute Gasteiger partial charge is 0.254 e. The minimum Gasteiger partial charge on any atom is -0.381 e. The van der Waals surface area contributed by atoms with Gasteiger partial charge in [0.25, 0.3) is 11.8 Å². The van der Waals surface area contributed by atoms with Crippen molar-refractivity contribution in [3.63, 3.8) is 0 Å². The lowest BCUT2D eigenvalue weighted by atomic mass is 9.95. The van der Waals surface area contributed by atoms with E-state index in [9.17, 15) is 9.59 Å². The molecule has 32 heavy (non-hydrogen) atoms. The van der Waals surface area contributed by atoms with Gasteiger partial charge < -0.3 is 20.9 Å². The Balaban J connectivity index is 1.35. The summed E-state index contributed by atoms with van der Waals surface area (Å²) in [5.74, 6) is 0.427. The maximum Gasteiger partial charge on any atom is 0.254 e. The lowest BCUT2D eigenvalue weighted by molar-refractivity contribution is 0.0827. The Bertz CT molecular complexity index is 1080. The summed E-state index contributed by atoms with van der Waals surface area (Å²) in [7, 11) is 3.48. The molecule has 166 valence electrons. The number of allylic oxidation sites excluding steroid dienone is 1. The summed E-state index contributed by atoms with van der Waals surface area (Å²) in [5.41, 5.74) is 9.48. The third-order valence-electron chi connectivity index (χ3n) is 6.81. The summed E-state index contributed by atoms with van der Waals surface area (Å²) < 4.78 is 0. The molecule has 8 heteroatoms. The zero-order valence-electron chi connectivity index (χ0n) is 18.4. The molecule has 1 unspecified atom stereocenters. The first-order valence-electron chi connectivity index (χ1n) is 11.1. The summed E-state index contributed by atoms with van der Waals surface area (Å²) in [6.07, 6.45) is 12.3. The number of fused-ring (bicyclic) bond motifs is 3. The predicted octanol–water partition coefficient (Wildman–Crippen LogP) is 2.46. The maximum absolute atomic E-state index is 12.2. The average Bonchev–Trinajstić information content (AvgIpc) is 3.36. The molecule has 0 saturated carbocycles. The number of primary amides is 1. The van der Waals surface area contributed by atoms with E-state index in [1.807, 2.05) is 18.2 Å². The van der Waals surface area contributed by atoms with Gasteiger partial charge in [-0.25, -0.2) is 4.98 Å². The van der Waals surface area contributed by atoms with Crippen molar-refractivity contribution in [1.29, 1.82) is 0 Å². The van der Waals surface area contributed by atoms with Crippen LogP contribution >= 0.6 is 0 Å². The fourth-order valence-electron chi connectivity index (χ4n) is 5.34. The number of carbonyl (C=O) groups is 2. The molecule has 2 saturated heterocycles. The minimum atomic E-state index is -0.458. The molecule has 2 aromatic heterocycles. The van der Waals surface area contributed by atoms with Crippen molar-refractivity contribution in [1.82, 2.24) is 14.9 Å². The van der Waals surface area contributed by atoms with Crippen molar-refractivity contribution >= 4 is 29.4 Å². The number of nitrogens with one attached hydrogen (secondary N) is 1. The number of carbonyl (C=O) groups excluding carboxylic acids is 2. The largest absolute Gasteiger partial charge is 0.381 e. The summed E-state index contributed by atoms with van der Waals surface area (Å²) in [5, 5.41) is 3.65. The number of aromatic nitrogens is 2. The number of pyridine rings is 2. The Morgan fingerprint density at radius 3 is 2.50 bits per heavy atom. The SMILES string of the molecule is CN(C)C(=O)c1ccc(N2[C@@H]3CC[C@H]2CC(Nc2c(C(N)=O)cnc4c2C=CC4)C3)nc1. The first-order valence-corrected chi connectivity index (χ1v) is 11.1. The number of hydrogen-bond donors (Lipinski definition) is 2. The Morgan fingerprint density at radius 2 is 1.88 bits per heavy atom. The topological polar surface area (TPSA) is 104 Å². The molecule has 3 aliphatic rings. The summed E-state index contributed by atoms with van der Waals surface area (Å²) in [4.78, 5) is 37.2. The van der Waals surface area contributed by atoms with Crippen molar-refractivity contribution in [2.24, 2.45) is 5.73 Å². The normalized spacial score (nSPS) is 23.2. The van der Waals surface area contributed by atoms with Crippen molar-refractivity contribution in [2.45, 2.75) is 50.2 Å². The Labute approximate surface area is 187 Å². The van der Waals surface area contributed by atoms with E-state index in [2.05, 4.69) is 26.3 Å². The molecule has 2 fully saturated rings. The molecular formula is C24H28N6O2. The quantitative estimate of drug-likeness (QED) is 0.752. The van der Waals surface area contributed by atoms with Gasteiger partial charge in [0.05, 0.1) is 22.5 Å². The highest BCUT2D eigenvalue weighted by atomic mass is 16.2. The Morgan fingerprint density at radius 1 is 1.12 bits per heavy atom. The minimum absolute atomic E-state index is 0.0425. The molecule has 5 rings (SSSR count). The third-order valence-corrected chi connectivity index (χ3v) is 6.81. The van der Waals surface area contributed by atoms with Crippen LogP contribution in [0.5, 0.6) is 0 Å². The molecule has 2 amide bonds. The van der Waals surface area contributed by atoms with Gasteiger partial charge in [-0.1, -0.05) is 12.2 Å². The Hall–Kier alpha value is -3.42. The first-order chi connectivity index (χ1) is 15.4. The third kappa shape index (κ3) is 3.49. The zero-order valence-corrected chi connectivity index (χ0v) is 18.4. The van der Waals surface area contributed by atoms with E-state index < -0.39 is 5.91 Å². The number of nitrogens with zero attached hydrogens (tertiary/aromatic N) is 4. The predicted molar refractivity (Wildman–Crippen MR) is 124 cm³/mol. The first kappa shape index (κ1) is 20.5. The van der Waals surface area contributed by atoms with E-state index in [-0.39, 0.29) is 11.9 Å². The van der Waals surface area contributed by atoms with Crippen molar-refractivity contribution < 1.29 is 9.59 Å². The molecule has 0 radical (unpaired) electrons. The summed E-state index contributed by atoms with van der Waals surface area (Å²) in [6, 6.07) is 4.81.